The molecule has 2 fully saturated rings. The summed E-state index contributed by atoms with van der Waals surface area (Å²) < 4.78 is 0. The maximum atomic E-state index is 12.9. The van der Waals surface area contributed by atoms with E-state index in [0.717, 1.165) is 31.6 Å². The highest BCUT2D eigenvalue weighted by Gasteiger charge is 2.32. The molecule has 6 heteroatoms. The molecule has 0 bridgehead atoms. The van der Waals surface area contributed by atoms with Crippen LogP contribution in [0.1, 0.15) is 45.4 Å². The van der Waals surface area contributed by atoms with Crippen LogP contribution < -0.4 is 4.90 Å². The predicted molar refractivity (Wildman–Crippen MR) is 102 cm³/mol. The lowest BCUT2D eigenvalue weighted by Crippen LogP contribution is -2.46. The first-order valence-corrected chi connectivity index (χ1v) is 9.72. The van der Waals surface area contributed by atoms with Gasteiger partial charge in [0.2, 0.25) is 5.91 Å². The normalized spacial score (nSPS) is 24.3. The fourth-order valence-corrected chi connectivity index (χ4v) is 4.35. The zero-order chi connectivity index (χ0) is 18.7. The Bertz CT molecular complexity index is 647. The van der Waals surface area contributed by atoms with Gasteiger partial charge in [0.05, 0.1) is 4.92 Å². The fourth-order valence-electron chi connectivity index (χ4n) is 4.35. The number of nitro benzene ring substituents is 1. The first-order valence-electron chi connectivity index (χ1n) is 9.72. The summed E-state index contributed by atoms with van der Waals surface area (Å²) in [4.78, 5) is 27.8. The van der Waals surface area contributed by atoms with Gasteiger partial charge in [0.1, 0.15) is 5.69 Å². The SMILES string of the molecule is CC1CCC(N(C)C(=O)C2CCN(c3ccccc3[N+](=O)[O-])CC2)CC1. The maximum absolute atomic E-state index is 12.9. The lowest BCUT2D eigenvalue weighted by Gasteiger charge is -2.38. The van der Waals surface area contributed by atoms with E-state index in [-0.39, 0.29) is 22.4 Å². The van der Waals surface area contributed by atoms with Crippen LogP contribution in [0.25, 0.3) is 0 Å². The van der Waals surface area contributed by atoms with Crippen LogP contribution in [0, 0.1) is 22.0 Å². The minimum absolute atomic E-state index is 0.0402. The van der Waals surface area contributed by atoms with E-state index in [2.05, 4.69) is 6.92 Å². The summed E-state index contributed by atoms with van der Waals surface area (Å²) in [5.74, 6) is 1.07. The maximum Gasteiger partial charge on any atom is 0.292 e. The lowest BCUT2D eigenvalue weighted by molar-refractivity contribution is -0.384. The molecule has 0 radical (unpaired) electrons. The Morgan fingerprint density at radius 3 is 2.35 bits per heavy atom. The van der Waals surface area contributed by atoms with Gasteiger partial charge in [0.25, 0.3) is 5.69 Å². The fraction of sp³-hybridized carbons (Fsp3) is 0.650. The summed E-state index contributed by atoms with van der Waals surface area (Å²) in [5.41, 5.74) is 0.809. The van der Waals surface area contributed by atoms with Crippen molar-refractivity contribution in [2.24, 2.45) is 11.8 Å². The molecule has 0 N–H and O–H groups in total. The Morgan fingerprint density at radius 1 is 1.12 bits per heavy atom. The Balaban J connectivity index is 1.58. The number of benzene rings is 1. The molecule has 0 atom stereocenters. The topological polar surface area (TPSA) is 66.7 Å². The summed E-state index contributed by atoms with van der Waals surface area (Å²) in [6, 6.07) is 7.25. The van der Waals surface area contributed by atoms with Crippen molar-refractivity contribution < 1.29 is 9.72 Å². The van der Waals surface area contributed by atoms with E-state index in [9.17, 15) is 14.9 Å². The second-order valence-electron chi connectivity index (χ2n) is 7.87. The van der Waals surface area contributed by atoms with E-state index in [4.69, 9.17) is 0 Å². The molecular weight excluding hydrogens is 330 g/mol. The van der Waals surface area contributed by atoms with Crippen LogP contribution in [0.15, 0.2) is 24.3 Å². The third-order valence-corrected chi connectivity index (χ3v) is 6.14. The highest BCUT2D eigenvalue weighted by molar-refractivity contribution is 5.79. The van der Waals surface area contributed by atoms with Gasteiger partial charge in [0.15, 0.2) is 0 Å². The predicted octanol–water partition coefficient (Wildman–Crippen LogP) is 3.85. The first-order chi connectivity index (χ1) is 12.5. The van der Waals surface area contributed by atoms with Gasteiger partial charge in [-0.2, -0.15) is 0 Å². The van der Waals surface area contributed by atoms with E-state index < -0.39 is 0 Å². The molecule has 0 spiro atoms. The van der Waals surface area contributed by atoms with Crippen molar-refractivity contribution in [3.63, 3.8) is 0 Å². The number of carbonyl (C=O) groups excluding carboxylic acids is 1. The number of nitrogens with zero attached hydrogens (tertiary/aromatic N) is 3. The molecule has 1 saturated carbocycles. The molecule has 3 rings (SSSR count). The van der Waals surface area contributed by atoms with Gasteiger partial charge in [-0.25, -0.2) is 0 Å². The molecule has 2 aliphatic rings. The lowest BCUT2D eigenvalue weighted by atomic mass is 9.86. The van der Waals surface area contributed by atoms with Crippen molar-refractivity contribution >= 4 is 17.3 Å². The molecule has 26 heavy (non-hydrogen) atoms. The third-order valence-electron chi connectivity index (χ3n) is 6.14. The van der Waals surface area contributed by atoms with Crippen molar-refractivity contribution in [1.29, 1.82) is 0 Å². The monoisotopic (exact) mass is 359 g/mol. The van der Waals surface area contributed by atoms with Crippen LogP contribution >= 0.6 is 0 Å². The number of anilines is 1. The number of piperidine rings is 1. The molecule has 1 heterocycles. The largest absolute Gasteiger partial charge is 0.366 e. The van der Waals surface area contributed by atoms with Gasteiger partial charge >= 0.3 is 0 Å². The van der Waals surface area contributed by atoms with Gasteiger partial charge in [-0.05, 0) is 50.5 Å². The average Bonchev–Trinajstić information content (AvgIpc) is 2.67. The van der Waals surface area contributed by atoms with Crippen molar-refractivity contribution in [3.05, 3.63) is 34.4 Å². The standard InChI is InChI=1S/C20H29N3O3/c1-15-7-9-17(10-8-15)21(2)20(24)16-11-13-22(14-12-16)18-5-3-4-6-19(18)23(25)26/h3-6,15-17H,7-14H2,1-2H3. The number of hydrogen-bond acceptors (Lipinski definition) is 4. The Labute approximate surface area is 155 Å². The van der Waals surface area contributed by atoms with E-state index >= 15 is 0 Å². The summed E-state index contributed by atoms with van der Waals surface area (Å²) in [6.07, 6.45) is 6.16. The van der Waals surface area contributed by atoms with Crippen LogP contribution in [0.3, 0.4) is 0 Å². The Hall–Kier alpha value is -2.11. The molecule has 0 aromatic heterocycles. The molecule has 1 saturated heterocycles. The molecule has 0 unspecified atom stereocenters. The number of amides is 1. The van der Waals surface area contributed by atoms with E-state index in [1.807, 2.05) is 22.9 Å². The van der Waals surface area contributed by atoms with Gasteiger partial charge in [-0.3, -0.25) is 14.9 Å². The van der Waals surface area contributed by atoms with Crippen LogP contribution in [0.2, 0.25) is 0 Å². The molecule has 1 aliphatic carbocycles. The zero-order valence-corrected chi connectivity index (χ0v) is 15.8. The summed E-state index contributed by atoms with van der Waals surface area (Å²) >= 11 is 0. The smallest absolute Gasteiger partial charge is 0.292 e. The second kappa shape index (κ2) is 8.06. The van der Waals surface area contributed by atoms with Crippen LogP contribution in [-0.2, 0) is 4.79 Å². The van der Waals surface area contributed by atoms with Crippen molar-refractivity contribution in [2.75, 3.05) is 25.0 Å². The minimum Gasteiger partial charge on any atom is -0.366 e. The van der Waals surface area contributed by atoms with Crippen LogP contribution in [0.5, 0.6) is 0 Å². The number of hydrogen-bond donors (Lipinski definition) is 0. The highest BCUT2D eigenvalue weighted by Crippen LogP contribution is 2.33. The van der Waals surface area contributed by atoms with Gasteiger partial charge in [0, 0.05) is 38.2 Å². The first kappa shape index (κ1) is 18.7. The van der Waals surface area contributed by atoms with Gasteiger partial charge < -0.3 is 9.80 Å². The Morgan fingerprint density at radius 2 is 1.73 bits per heavy atom. The Kier molecular flexibility index (Phi) is 5.79. The minimum atomic E-state index is -0.329. The summed E-state index contributed by atoms with van der Waals surface area (Å²) in [5, 5.41) is 11.2. The van der Waals surface area contributed by atoms with E-state index in [1.165, 1.54) is 12.8 Å². The number of nitro groups is 1. The van der Waals surface area contributed by atoms with Crippen molar-refractivity contribution in [3.8, 4) is 0 Å². The highest BCUT2D eigenvalue weighted by atomic mass is 16.6. The van der Waals surface area contributed by atoms with E-state index in [0.29, 0.717) is 24.8 Å². The molecule has 1 amide bonds. The summed E-state index contributed by atoms with van der Waals surface area (Å²) in [6.45, 7) is 3.67. The number of para-hydroxylation sites is 2. The zero-order valence-electron chi connectivity index (χ0n) is 15.8. The van der Waals surface area contributed by atoms with Crippen LogP contribution in [-0.4, -0.2) is 41.9 Å². The number of rotatable bonds is 4. The number of carbonyl (C=O) groups is 1. The van der Waals surface area contributed by atoms with Crippen molar-refractivity contribution in [1.82, 2.24) is 4.90 Å². The molecule has 1 aliphatic heterocycles. The third kappa shape index (κ3) is 4.00. The molecule has 1 aromatic carbocycles. The van der Waals surface area contributed by atoms with Gasteiger partial charge in [-0.15, -0.1) is 0 Å². The molecular formula is C20H29N3O3. The second-order valence-corrected chi connectivity index (χ2v) is 7.87. The quantitative estimate of drug-likeness (QED) is 0.605. The summed E-state index contributed by atoms with van der Waals surface area (Å²) in [7, 11) is 1.96. The molecule has 6 nitrogen and oxygen atoms in total. The van der Waals surface area contributed by atoms with Crippen molar-refractivity contribution in [2.45, 2.75) is 51.5 Å². The average molecular weight is 359 g/mol. The molecule has 1 aromatic rings. The van der Waals surface area contributed by atoms with Gasteiger partial charge in [-0.1, -0.05) is 19.1 Å². The van der Waals surface area contributed by atoms with E-state index in [1.54, 1.807) is 18.2 Å². The molecule has 142 valence electrons. The van der Waals surface area contributed by atoms with Crippen LogP contribution in [0.4, 0.5) is 11.4 Å².